The monoisotopic (exact) mass is 419 g/mol. The van der Waals surface area contributed by atoms with Gasteiger partial charge in [-0.1, -0.05) is 35.9 Å². The van der Waals surface area contributed by atoms with Crippen molar-refractivity contribution in [2.45, 2.75) is 6.92 Å². The van der Waals surface area contributed by atoms with Crippen molar-refractivity contribution in [1.82, 2.24) is 4.90 Å². The van der Waals surface area contributed by atoms with Crippen molar-refractivity contribution in [2.24, 2.45) is 0 Å². The number of aryl methyl sites for hydroxylation is 1. The lowest BCUT2D eigenvalue weighted by molar-refractivity contribution is -0.116. The number of anilines is 2. The standard InChI is InChI=1S/C24H22FN3O3/c1-16-7-5-8-17(13-16)23(30)27-21-12-4-3-11-20(21)24(31)28(2)15-22(29)26-19-10-6-9-18(25)14-19/h3-14H,15H2,1-2H3,(H,26,29)(H,27,30). The van der Waals surface area contributed by atoms with Crippen LogP contribution in [-0.4, -0.2) is 36.2 Å². The lowest BCUT2D eigenvalue weighted by Crippen LogP contribution is -2.35. The second-order valence-electron chi connectivity index (χ2n) is 7.09. The van der Waals surface area contributed by atoms with Crippen LogP contribution in [0.15, 0.2) is 72.8 Å². The normalized spacial score (nSPS) is 10.3. The molecule has 158 valence electrons. The van der Waals surface area contributed by atoms with E-state index in [2.05, 4.69) is 10.6 Å². The van der Waals surface area contributed by atoms with Gasteiger partial charge in [0.1, 0.15) is 5.82 Å². The van der Waals surface area contributed by atoms with E-state index >= 15 is 0 Å². The van der Waals surface area contributed by atoms with Crippen molar-refractivity contribution >= 4 is 29.1 Å². The number of amides is 3. The third kappa shape index (κ3) is 5.76. The fourth-order valence-corrected chi connectivity index (χ4v) is 3.02. The highest BCUT2D eigenvalue weighted by Crippen LogP contribution is 2.18. The molecule has 2 N–H and O–H groups in total. The number of hydrogen-bond donors (Lipinski definition) is 2. The predicted molar refractivity (Wildman–Crippen MR) is 118 cm³/mol. The van der Waals surface area contributed by atoms with E-state index in [0.29, 0.717) is 16.9 Å². The lowest BCUT2D eigenvalue weighted by Gasteiger charge is -2.19. The summed E-state index contributed by atoms with van der Waals surface area (Å²) in [5.41, 5.74) is 2.32. The third-order valence-corrected chi connectivity index (χ3v) is 4.52. The van der Waals surface area contributed by atoms with Gasteiger partial charge in [0, 0.05) is 18.3 Å². The Morgan fingerprint density at radius 2 is 1.65 bits per heavy atom. The zero-order chi connectivity index (χ0) is 22.4. The molecule has 0 aromatic heterocycles. The Labute approximate surface area is 179 Å². The van der Waals surface area contributed by atoms with E-state index in [1.807, 2.05) is 13.0 Å². The molecule has 0 saturated carbocycles. The van der Waals surface area contributed by atoms with Crippen LogP contribution < -0.4 is 10.6 Å². The van der Waals surface area contributed by atoms with Crippen LogP contribution in [0.4, 0.5) is 15.8 Å². The van der Waals surface area contributed by atoms with E-state index in [0.717, 1.165) is 5.56 Å². The van der Waals surface area contributed by atoms with Crippen LogP contribution in [0.25, 0.3) is 0 Å². The average Bonchev–Trinajstić information content (AvgIpc) is 2.73. The quantitative estimate of drug-likeness (QED) is 0.632. The number of carbonyl (C=O) groups excluding carboxylic acids is 3. The van der Waals surface area contributed by atoms with Gasteiger partial charge in [0.15, 0.2) is 0 Å². The molecule has 0 saturated heterocycles. The summed E-state index contributed by atoms with van der Waals surface area (Å²) in [6.45, 7) is 1.65. The molecule has 0 aliphatic heterocycles. The van der Waals surface area contributed by atoms with Crippen molar-refractivity contribution in [1.29, 1.82) is 0 Å². The summed E-state index contributed by atoms with van der Waals surface area (Å²) in [6.07, 6.45) is 0. The maximum Gasteiger partial charge on any atom is 0.256 e. The summed E-state index contributed by atoms with van der Waals surface area (Å²) in [5, 5.41) is 5.31. The summed E-state index contributed by atoms with van der Waals surface area (Å²) in [5.74, 6) is -1.71. The topological polar surface area (TPSA) is 78.5 Å². The second-order valence-corrected chi connectivity index (χ2v) is 7.09. The van der Waals surface area contributed by atoms with Crippen LogP contribution in [0.5, 0.6) is 0 Å². The van der Waals surface area contributed by atoms with E-state index < -0.39 is 17.6 Å². The van der Waals surface area contributed by atoms with Gasteiger partial charge >= 0.3 is 0 Å². The molecule has 0 unspecified atom stereocenters. The van der Waals surface area contributed by atoms with Gasteiger partial charge in [0.05, 0.1) is 17.8 Å². The van der Waals surface area contributed by atoms with Crippen LogP contribution in [0, 0.1) is 12.7 Å². The Kier molecular flexibility index (Phi) is 6.77. The lowest BCUT2D eigenvalue weighted by atomic mass is 10.1. The van der Waals surface area contributed by atoms with Crippen LogP contribution in [0.3, 0.4) is 0 Å². The molecular formula is C24H22FN3O3. The minimum Gasteiger partial charge on any atom is -0.332 e. The zero-order valence-electron chi connectivity index (χ0n) is 17.2. The SMILES string of the molecule is Cc1cccc(C(=O)Nc2ccccc2C(=O)N(C)CC(=O)Nc2cccc(F)c2)c1. The minimum atomic E-state index is -0.472. The molecule has 0 heterocycles. The summed E-state index contributed by atoms with van der Waals surface area (Å²) in [4.78, 5) is 39.0. The molecule has 6 nitrogen and oxygen atoms in total. The van der Waals surface area contributed by atoms with Crippen molar-refractivity contribution in [2.75, 3.05) is 24.2 Å². The maximum absolute atomic E-state index is 13.3. The van der Waals surface area contributed by atoms with Gasteiger partial charge in [0.25, 0.3) is 11.8 Å². The van der Waals surface area contributed by atoms with Gasteiger partial charge in [-0.3, -0.25) is 14.4 Å². The van der Waals surface area contributed by atoms with E-state index in [-0.39, 0.29) is 18.0 Å². The Bertz CT molecular complexity index is 1130. The second kappa shape index (κ2) is 9.67. The molecule has 3 rings (SSSR count). The number of para-hydroxylation sites is 1. The number of rotatable bonds is 6. The fourth-order valence-electron chi connectivity index (χ4n) is 3.02. The summed E-state index contributed by atoms with van der Waals surface area (Å²) in [7, 11) is 1.48. The number of halogens is 1. The Morgan fingerprint density at radius 1 is 0.903 bits per heavy atom. The summed E-state index contributed by atoms with van der Waals surface area (Å²) >= 11 is 0. The van der Waals surface area contributed by atoms with Crippen molar-refractivity contribution in [3.8, 4) is 0 Å². The molecule has 0 atom stereocenters. The molecular weight excluding hydrogens is 397 g/mol. The van der Waals surface area contributed by atoms with E-state index in [4.69, 9.17) is 0 Å². The van der Waals surface area contributed by atoms with Crippen LogP contribution in [-0.2, 0) is 4.79 Å². The highest BCUT2D eigenvalue weighted by atomic mass is 19.1. The Hall–Kier alpha value is -4.00. The zero-order valence-corrected chi connectivity index (χ0v) is 17.2. The van der Waals surface area contributed by atoms with Crippen molar-refractivity contribution < 1.29 is 18.8 Å². The molecule has 0 bridgehead atoms. The molecule has 31 heavy (non-hydrogen) atoms. The first kappa shape index (κ1) is 21.7. The van der Waals surface area contributed by atoms with Gasteiger partial charge in [-0.2, -0.15) is 0 Å². The molecule has 0 aliphatic rings. The summed E-state index contributed by atoms with van der Waals surface area (Å²) in [6, 6.07) is 19.2. The molecule has 0 spiro atoms. The van der Waals surface area contributed by atoms with Crippen LogP contribution in [0.2, 0.25) is 0 Å². The molecule has 0 fully saturated rings. The first-order valence-electron chi connectivity index (χ1n) is 9.61. The molecule has 7 heteroatoms. The number of benzene rings is 3. The van der Waals surface area contributed by atoms with Crippen molar-refractivity contribution in [3.05, 3.63) is 95.3 Å². The Morgan fingerprint density at radius 3 is 2.39 bits per heavy atom. The van der Waals surface area contributed by atoms with Gasteiger partial charge in [-0.15, -0.1) is 0 Å². The Balaban J connectivity index is 1.69. The minimum absolute atomic E-state index is 0.241. The van der Waals surface area contributed by atoms with Gasteiger partial charge < -0.3 is 15.5 Å². The number of nitrogens with zero attached hydrogens (tertiary/aromatic N) is 1. The molecule has 0 aliphatic carbocycles. The molecule has 3 amide bonds. The largest absolute Gasteiger partial charge is 0.332 e. The molecule has 3 aromatic rings. The smallest absolute Gasteiger partial charge is 0.256 e. The third-order valence-electron chi connectivity index (χ3n) is 4.52. The highest BCUT2D eigenvalue weighted by molar-refractivity contribution is 6.09. The van der Waals surface area contributed by atoms with Crippen LogP contribution >= 0.6 is 0 Å². The highest BCUT2D eigenvalue weighted by Gasteiger charge is 2.19. The average molecular weight is 419 g/mol. The van der Waals surface area contributed by atoms with Gasteiger partial charge in [-0.05, 0) is 49.4 Å². The number of nitrogens with one attached hydrogen (secondary N) is 2. The first-order chi connectivity index (χ1) is 14.8. The summed E-state index contributed by atoms with van der Waals surface area (Å²) < 4.78 is 13.3. The van der Waals surface area contributed by atoms with Gasteiger partial charge in [-0.25, -0.2) is 4.39 Å². The van der Waals surface area contributed by atoms with Crippen LogP contribution in [0.1, 0.15) is 26.3 Å². The number of likely N-dealkylation sites (N-methyl/N-ethyl adjacent to an activating group) is 1. The number of hydrogen-bond acceptors (Lipinski definition) is 3. The predicted octanol–water partition coefficient (Wildman–Crippen LogP) is 4.10. The van der Waals surface area contributed by atoms with E-state index in [1.165, 1.54) is 30.1 Å². The fraction of sp³-hybridized carbons (Fsp3) is 0.125. The van der Waals surface area contributed by atoms with Gasteiger partial charge in [0.2, 0.25) is 5.91 Å². The maximum atomic E-state index is 13.3. The van der Waals surface area contributed by atoms with E-state index in [1.54, 1.807) is 48.5 Å². The first-order valence-corrected chi connectivity index (χ1v) is 9.61. The van der Waals surface area contributed by atoms with Crippen molar-refractivity contribution in [3.63, 3.8) is 0 Å². The molecule has 0 radical (unpaired) electrons. The van der Waals surface area contributed by atoms with E-state index in [9.17, 15) is 18.8 Å². The molecule has 3 aromatic carbocycles. The number of carbonyl (C=O) groups is 3.